The van der Waals surface area contributed by atoms with Crippen molar-refractivity contribution in [2.24, 2.45) is 0 Å². The molecule has 0 atom stereocenters. The van der Waals surface area contributed by atoms with E-state index < -0.39 is 5.97 Å². The molecule has 0 unspecified atom stereocenters. The highest BCUT2D eigenvalue weighted by molar-refractivity contribution is 6.04. The zero-order valence-electron chi connectivity index (χ0n) is 15.6. The van der Waals surface area contributed by atoms with E-state index in [4.69, 9.17) is 4.74 Å². The predicted octanol–water partition coefficient (Wildman–Crippen LogP) is 2.28. The number of esters is 1. The Bertz CT molecular complexity index is 830. The van der Waals surface area contributed by atoms with E-state index in [1.165, 1.54) is 7.11 Å². The number of halogens is 1. The van der Waals surface area contributed by atoms with Crippen molar-refractivity contribution < 1.29 is 14.3 Å². The molecule has 1 aromatic heterocycles. The minimum atomic E-state index is -0.402. The van der Waals surface area contributed by atoms with Gasteiger partial charge >= 0.3 is 5.97 Å². The van der Waals surface area contributed by atoms with Crippen molar-refractivity contribution in [2.75, 3.05) is 25.5 Å². The molecule has 0 bridgehead atoms. The maximum Gasteiger partial charge on any atom is 0.338 e. The number of anilines is 1. The third kappa shape index (κ3) is 4.45. The van der Waals surface area contributed by atoms with E-state index >= 15 is 0 Å². The van der Waals surface area contributed by atoms with E-state index in [1.54, 1.807) is 25.1 Å². The first-order chi connectivity index (χ1) is 12.5. The second kappa shape index (κ2) is 8.96. The van der Waals surface area contributed by atoms with Gasteiger partial charge in [0, 0.05) is 5.69 Å². The Morgan fingerprint density at radius 1 is 1.26 bits per heavy atom. The van der Waals surface area contributed by atoms with Gasteiger partial charge in [0.1, 0.15) is 0 Å². The topological polar surface area (TPSA) is 98.1 Å². The molecule has 3 rings (SSSR count). The van der Waals surface area contributed by atoms with Crippen LogP contribution in [0.25, 0.3) is 0 Å². The number of methoxy groups -OCH3 is 1. The molecule has 146 valence electrons. The number of carbonyl (C=O) groups is 2. The maximum absolute atomic E-state index is 12.6. The maximum atomic E-state index is 12.6. The summed E-state index contributed by atoms with van der Waals surface area (Å²) in [6.07, 6.45) is 1.94. The first-order valence-electron chi connectivity index (χ1n) is 8.64. The lowest BCUT2D eigenvalue weighted by Crippen LogP contribution is -2.30. The van der Waals surface area contributed by atoms with Gasteiger partial charge in [-0.2, -0.15) is 0 Å². The summed E-state index contributed by atoms with van der Waals surface area (Å²) in [6.45, 7) is 5.54. The van der Waals surface area contributed by atoms with Gasteiger partial charge in [0.25, 0.3) is 5.91 Å². The fourth-order valence-electron chi connectivity index (χ4n) is 3.22. The Balaban J connectivity index is 0.00000261. The van der Waals surface area contributed by atoms with Gasteiger partial charge < -0.3 is 15.4 Å². The van der Waals surface area contributed by atoms with Crippen molar-refractivity contribution in [3.05, 3.63) is 40.7 Å². The Morgan fingerprint density at radius 3 is 2.59 bits per heavy atom. The molecule has 8 nitrogen and oxygen atoms in total. The number of rotatable bonds is 4. The molecule has 2 aromatic rings. The number of amides is 1. The zero-order valence-corrected chi connectivity index (χ0v) is 16.4. The molecule has 1 aromatic carbocycles. The number of benzene rings is 1. The monoisotopic (exact) mass is 393 g/mol. The SMILES string of the molecule is COC(=O)c1ccc(NC(=O)c2nnn(C3CCNCC3)c2C)cc1C.Cl. The van der Waals surface area contributed by atoms with Crippen LogP contribution < -0.4 is 10.6 Å². The highest BCUT2D eigenvalue weighted by Gasteiger charge is 2.23. The summed E-state index contributed by atoms with van der Waals surface area (Å²) in [4.78, 5) is 24.2. The quantitative estimate of drug-likeness (QED) is 0.773. The molecular weight excluding hydrogens is 370 g/mol. The summed E-state index contributed by atoms with van der Waals surface area (Å²) >= 11 is 0. The standard InChI is InChI=1S/C18H23N5O3.ClH/c1-11-10-13(4-5-15(11)18(25)26-3)20-17(24)16-12(2)23(22-21-16)14-6-8-19-9-7-14;/h4-5,10,14,19H,6-9H2,1-3H3,(H,20,24);1H. The fraction of sp³-hybridized carbons (Fsp3) is 0.444. The van der Waals surface area contributed by atoms with Gasteiger partial charge in [-0.05, 0) is 63.5 Å². The van der Waals surface area contributed by atoms with Crippen molar-refractivity contribution in [2.45, 2.75) is 32.7 Å². The highest BCUT2D eigenvalue weighted by atomic mass is 35.5. The third-order valence-corrected chi connectivity index (χ3v) is 4.69. The van der Waals surface area contributed by atoms with Gasteiger partial charge in [-0.25, -0.2) is 9.48 Å². The van der Waals surface area contributed by atoms with Crippen molar-refractivity contribution in [1.82, 2.24) is 20.3 Å². The Morgan fingerprint density at radius 2 is 1.96 bits per heavy atom. The number of aryl methyl sites for hydroxylation is 1. The Hall–Kier alpha value is -2.45. The van der Waals surface area contributed by atoms with Gasteiger partial charge in [0.05, 0.1) is 24.4 Å². The van der Waals surface area contributed by atoms with Crippen LogP contribution in [-0.2, 0) is 4.74 Å². The summed E-state index contributed by atoms with van der Waals surface area (Å²) in [6, 6.07) is 5.31. The van der Waals surface area contributed by atoms with Gasteiger partial charge in [-0.3, -0.25) is 4.79 Å². The lowest BCUT2D eigenvalue weighted by atomic mass is 10.1. The molecule has 2 N–H and O–H groups in total. The number of nitrogens with one attached hydrogen (secondary N) is 2. The average Bonchev–Trinajstić information content (AvgIpc) is 3.03. The fourth-order valence-corrected chi connectivity index (χ4v) is 3.22. The summed E-state index contributed by atoms with van der Waals surface area (Å²) in [7, 11) is 1.34. The van der Waals surface area contributed by atoms with Crippen LogP contribution in [0.5, 0.6) is 0 Å². The van der Waals surface area contributed by atoms with Gasteiger partial charge in [0.2, 0.25) is 0 Å². The lowest BCUT2D eigenvalue weighted by Gasteiger charge is -2.23. The van der Waals surface area contributed by atoms with E-state index in [1.807, 2.05) is 11.6 Å². The first-order valence-corrected chi connectivity index (χ1v) is 8.64. The number of hydrogen-bond donors (Lipinski definition) is 2. The summed E-state index contributed by atoms with van der Waals surface area (Å²) in [5.41, 5.74) is 2.87. The minimum absolute atomic E-state index is 0. The van der Waals surface area contributed by atoms with Crippen molar-refractivity contribution in [3.8, 4) is 0 Å². The summed E-state index contributed by atoms with van der Waals surface area (Å²) < 4.78 is 6.58. The van der Waals surface area contributed by atoms with Crippen LogP contribution in [0.3, 0.4) is 0 Å². The minimum Gasteiger partial charge on any atom is -0.465 e. The molecule has 1 fully saturated rings. The highest BCUT2D eigenvalue weighted by Crippen LogP contribution is 2.21. The van der Waals surface area contributed by atoms with E-state index in [0.29, 0.717) is 16.9 Å². The molecule has 1 aliphatic heterocycles. The summed E-state index contributed by atoms with van der Waals surface area (Å²) in [5, 5.41) is 14.4. The second-order valence-electron chi connectivity index (χ2n) is 6.42. The molecule has 0 spiro atoms. The Labute approximate surface area is 164 Å². The number of carbonyl (C=O) groups excluding carboxylic acids is 2. The second-order valence-corrected chi connectivity index (χ2v) is 6.42. The smallest absolute Gasteiger partial charge is 0.338 e. The van der Waals surface area contributed by atoms with Crippen LogP contribution in [-0.4, -0.2) is 47.1 Å². The van der Waals surface area contributed by atoms with Crippen LogP contribution in [0.15, 0.2) is 18.2 Å². The summed E-state index contributed by atoms with van der Waals surface area (Å²) in [5.74, 6) is -0.714. The molecule has 0 aliphatic carbocycles. The number of ether oxygens (including phenoxy) is 1. The van der Waals surface area contributed by atoms with Crippen LogP contribution in [0.1, 0.15) is 51.0 Å². The third-order valence-electron chi connectivity index (χ3n) is 4.69. The van der Waals surface area contributed by atoms with Crippen molar-refractivity contribution in [3.63, 3.8) is 0 Å². The molecule has 1 saturated heterocycles. The molecule has 1 aliphatic rings. The molecule has 2 heterocycles. The lowest BCUT2D eigenvalue weighted by molar-refractivity contribution is 0.0600. The van der Waals surface area contributed by atoms with Gasteiger partial charge in [-0.1, -0.05) is 5.21 Å². The van der Waals surface area contributed by atoms with E-state index in [0.717, 1.165) is 37.2 Å². The van der Waals surface area contributed by atoms with Crippen molar-refractivity contribution >= 4 is 30.0 Å². The largest absolute Gasteiger partial charge is 0.465 e. The van der Waals surface area contributed by atoms with Gasteiger partial charge in [-0.15, -0.1) is 17.5 Å². The van der Waals surface area contributed by atoms with Gasteiger partial charge in [0.15, 0.2) is 5.69 Å². The number of aromatic nitrogens is 3. The molecule has 0 saturated carbocycles. The van der Waals surface area contributed by atoms with Crippen LogP contribution in [0, 0.1) is 13.8 Å². The molecule has 0 radical (unpaired) electrons. The normalized spacial score (nSPS) is 14.3. The zero-order chi connectivity index (χ0) is 18.7. The Kier molecular flexibility index (Phi) is 6.92. The number of hydrogen-bond acceptors (Lipinski definition) is 6. The van der Waals surface area contributed by atoms with E-state index in [9.17, 15) is 9.59 Å². The predicted molar refractivity (Wildman–Crippen MR) is 104 cm³/mol. The van der Waals surface area contributed by atoms with Crippen LogP contribution >= 0.6 is 12.4 Å². The van der Waals surface area contributed by atoms with E-state index in [2.05, 4.69) is 20.9 Å². The van der Waals surface area contributed by atoms with Crippen LogP contribution in [0.4, 0.5) is 5.69 Å². The average molecular weight is 394 g/mol. The van der Waals surface area contributed by atoms with Crippen molar-refractivity contribution in [1.29, 1.82) is 0 Å². The van der Waals surface area contributed by atoms with Crippen LogP contribution in [0.2, 0.25) is 0 Å². The molecule has 27 heavy (non-hydrogen) atoms. The molecular formula is C18H24ClN5O3. The molecule has 1 amide bonds. The van der Waals surface area contributed by atoms with E-state index in [-0.39, 0.29) is 24.4 Å². The number of piperidine rings is 1. The first kappa shape index (κ1) is 20.9. The molecule has 9 heteroatoms. The number of nitrogens with zero attached hydrogens (tertiary/aromatic N) is 3.